The van der Waals surface area contributed by atoms with Gasteiger partial charge in [-0.25, -0.2) is 4.98 Å². The van der Waals surface area contributed by atoms with Gasteiger partial charge in [-0.05, 0) is 18.2 Å². The van der Waals surface area contributed by atoms with E-state index in [4.69, 9.17) is 0 Å². The van der Waals surface area contributed by atoms with Crippen LogP contribution in [-0.2, 0) is 6.18 Å². The summed E-state index contributed by atoms with van der Waals surface area (Å²) in [6.07, 6.45) is -4.77. The molecule has 2 heterocycles. The SMILES string of the molecule is CN(C)c1nc2nc(C(F)(F)F)c(C(=O)c3ccccc3S)cc2s1. The molecule has 0 bridgehead atoms. The van der Waals surface area contributed by atoms with E-state index in [2.05, 4.69) is 22.6 Å². The zero-order chi connectivity index (χ0) is 18.4. The number of hydrogen-bond acceptors (Lipinski definition) is 6. The molecule has 0 amide bonds. The summed E-state index contributed by atoms with van der Waals surface area (Å²) in [7, 11) is 3.46. The summed E-state index contributed by atoms with van der Waals surface area (Å²) >= 11 is 5.33. The van der Waals surface area contributed by atoms with Crippen molar-refractivity contribution in [1.82, 2.24) is 9.97 Å². The monoisotopic (exact) mass is 383 g/mol. The average molecular weight is 383 g/mol. The van der Waals surface area contributed by atoms with Crippen LogP contribution in [0.5, 0.6) is 0 Å². The second-order valence-electron chi connectivity index (χ2n) is 5.44. The fourth-order valence-corrected chi connectivity index (χ4v) is 3.38. The highest BCUT2D eigenvalue weighted by molar-refractivity contribution is 7.80. The Morgan fingerprint density at radius 1 is 1.16 bits per heavy atom. The first-order valence-electron chi connectivity index (χ1n) is 7.07. The number of fused-ring (bicyclic) bond motifs is 1. The van der Waals surface area contributed by atoms with E-state index in [0.717, 1.165) is 0 Å². The largest absolute Gasteiger partial charge is 0.434 e. The quantitative estimate of drug-likeness (QED) is 0.541. The maximum Gasteiger partial charge on any atom is 0.434 e. The summed E-state index contributed by atoms with van der Waals surface area (Å²) in [6.45, 7) is 0. The zero-order valence-corrected chi connectivity index (χ0v) is 14.8. The number of carbonyl (C=O) groups is 1. The van der Waals surface area contributed by atoms with Crippen LogP contribution in [0.4, 0.5) is 18.3 Å². The van der Waals surface area contributed by atoms with Crippen molar-refractivity contribution in [3.8, 4) is 0 Å². The second-order valence-corrected chi connectivity index (χ2v) is 6.93. The number of nitrogens with zero attached hydrogens (tertiary/aromatic N) is 3. The number of pyridine rings is 1. The third-order valence-corrected chi connectivity index (χ3v) is 4.97. The number of alkyl halides is 3. The fourth-order valence-electron chi connectivity index (χ4n) is 2.24. The standard InChI is InChI=1S/C16H12F3N3OS2/c1-22(2)15-21-14-11(25-15)7-9(13(20-14)16(17,18)19)12(23)8-5-3-4-6-10(8)24/h3-7,24H,1-2H3. The van der Waals surface area contributed by atoms with Crippen molar-refractivity contribution in [2.75, 3.05) is 19.0 Å². The number of rotatable bonds is 3. The molecular weight excluding hydrogens is 371 g/mol. The summed E-state index contributed by atoms with van der Waals surface area (Å²) in [5.41, 5.74) is -1.68. The number of benzene rings is 1. The normalized spacial score (nSPS) is 11.8. The van der Waals surface area contributed by atoms with E-state index in [-0.39, 0.29) is 11.2 Å². The van der Waals surface area contributed by atoms with E-state index >= 15 is 0 Å². The molecule has 0 aliphatic carbocycles. The fraction of sp³-hybridized carbons (Fsp3) is 0.188. The predicted octanol–water partition coefficient (Wildman–Crippen LogP) is 4.30. The highest BCUT2D eigenvalue weighted by atomic mass is 32.1. The number of hydrogen-bond donors (Lipinski definition) is 1. The van der Waals surface area contributed by atoms with Crippen LogP contribution in [-0.4, -0.2) is 29.8 Å². The van der Waals surface area contributed by atoms with Gasteiger partial charge < -0.3 is 4.90 Å². The van der Waals surface area contributed by atoms with E-state index < -0.39 is 23.2 Å². The van der Waals surface area contributed by atoms with E-state index in [1.54, 1.807) is 37.2 Å². The number of anilines is 1. The number of thiazole rings is 1. The molecule has 0 saturated heterocycles. The minimum atomic E-state index is -4.77. The smallest absolute Gasteiger partial charge is 0.354 e. The van der Waals surface area contributed by atoms with Gasteiger partial charge in [0.1, 0.15) is 0 Å². The first-order chi connectivity index (χ1) is 11.7. The molecule has 9 heteroatoms. The Morgan fingerprint density at radius 3 is 2.44 bits per heavy atom. The zero-order valence-electron chi connectivity index (χ0n) is 13.1. The van der Waals surface area contributed by atoms with Gasteiger partial charge >= 0.3 is 6.18 Å². The molecular formula is C16H12F3N3OS2. The molecule has 0 atom stereocenters. The van der Waals surface area contributed by atoms with Crippen LogP contribution >= 0.6 is 24.0 Å². The van der Waals surface area contributed by atoms with Gasteiger partial charge in [0.05, 0.1) is 10.3 Å². The van der Waals surface area contributed by atoms with Gasteiger partial charge in [0.2, 0.25) is 0 Å². The Bertz CT molecular complexity index is 967. The third-order valence-electron chi connectivity index (χ3n) is 3.42. The molecule has 0 aliphatic heterocycles. The molecule has 0 spiro atoms. The molecule has 0 radical (unpaired) electrons. The Hall–Kier alpha value is -2.13. The molecule has 25 heavy (non-hydrogen) atoms. The van der Waals surface area contributed by atoms with Crippen molar-refractivity contribution in [1.29, 1.82) is 0 Å². The first kappa shape index (κ1) is 17.7. The van der Waals surface area contributed by atoms with Crippen LogP contribution in [0, 0.1) is 0 Å². The summed E-state index contributed by atoms with van der Waals surface area (Å²) in [5, 5.41) is 0.509. The highest BCUT2D eigenvalue weighted by Crippen LogP contribution is 2.36. The maximum absolute atomic E-state index is 13.4. The Morgan fingerprint density at radius 2 is 1.84 bits per heavy atom. The van der Waals surface area contributed by atoms with Gasteiger partial charge in [0, 0.05) is 24.6 Å². The summed E-state index contributed by atoms with van der Waals surface area (Å²) in [4.78, 5) is 22.4. The lowest BCUT2D eigenvalue weighted by Gasteiger charge is -2.11. The van der Waals surface area contributed by atoms with Crippen LogP contribution in [0.3, 0.4) is 0 Å². The molecule has 0 fully saturated rings. The Kier molecular flexibility index (Phi) is 4.46. The number of aromatic nitrogens is 2. The highest BCUT2D eigenvalue weighted by Gasteiger charge is 2.38. The maximum atomic E-state index is 13.4. The van der Waals surface area contributed by atoms with Gasteiger partial charge in [0.25, 0.3) is 0 Å². The van der Waals surface area contributed by atoms with Crippen LogP contribution < -0.4 is 4.90 Å². The number of halogens is 3. The van der Waals surface area contributed by atoms with Gasteiger partial charge in [-0.15, -0.1) is 12.6 Å². The van der Waals surface area contributed by atoms with Crippen LogP contribution in [0.25, 0.3) is 10.3 Å². The van der Waals surface area contributed by atoms with Gasteiger partial charge in [-0.1, -0.05) is 23.5 Å². The molecule has 0 unspecified atom stereocenters. The van der Waals surface area contributed by atoms with Crippen molar-refractivity contribution < 1.29 is 18.0 Å². The number of thiol groups is 1. The topological polar surface area (TPSA) is 46.1 Å². The lowest BCUT2D eigenvalue weighted by molar-refractivity contribution is -0.141. The minimum absolute atomic E-state index is 0.0308. The summed E-state index contributed by atoms with van der Waals surface area (Å²) in [6, 6.07) is 7.42. The molecule has 0 saturated carbocycles. The van der Waals surface area contributed by atoms with E-state index in [1.807, 2.05) is 0 Å². The van der Waals surface area contributed by atoms with Crippen LogP contribution in [0.1, 0.15) is 21.6 Å². The molecule has 130 valence electrons. The molecule has 3 rings (SSSR count). The molecule has 2 aromatic heterocycles. The predicted molar refractivity (Wildman–Crippen MR) is 93.9 cm³/mol. The average Bonchev–Trinajstić information content (AvgIpc) is 2.96. The van der Waals surface area contributed by atoms with Crippen LogP contribution in [0.15, 0.2) is 35.2 Å². The van der Waals surface area contributed by atoms with Crippen LogP contribution in [0.2, 0.25) is 0 Å². The van der Waals surface area contributed by atoms with Gasteiger partial charge in [-0.2, -0.15) is 18.2 Å². The number of carbonyl (C=O) groups excluding carboxylic acids is 1. The van der Waals surface area contributed by atoms with E-state index in [0.29, 0.717) is 14.7 Å². The summed E-state index contributed by atoms with van der Waals surface area (Å²) in [5.74, 6) is -0.771. The molecule has 0 aliphatic rings. The van der Waals surface area contributed by atoms with E-state index in [1.165, 1.54) is 23.5 Å². The molecule has 0 N–H and O–H groups in total. The minimum Gasteiger partial charge on any atom is -0.354 e. The van der Waals surface area contributed by atoms with Crippen molar-refractivity contribution >= 4 is 45.2 Å². The van der Waals surface area contributed by atoms with Crippen molar-refractivity contribution in [3.05, 3.63) is 47.2 Å². The lowest BCUT2D eigenvalue weighted by atomic mass is 10.0. The Balaban J connectivity index is 2.25. The van der Waals surface area contributed by atoms with Crippen molar-refractivity contribution in [3.63, 3.8) is 0 Å². The van der Waals surface area contributed by atoms with Crippen molar-refractivity contribution in [2.24, 2.45) is 0 Å². The van der Waals surface area contributed by atoms with Crippen molar-refractivity contribution in [2.45, 2.75) is 11.1 Å². The lowest BCUT2D eigenvalue weighted by Crippen LogP contribution is -2.16. The van der Waals surface area contributed by atoms with E-state index in [9.17, 15) is 18.0 Å². The first-order valence-corrected chi connectivity index (χ1v) is 8.33. The molecule has 1 aromatic carbocycles. The van der Waals surface area contributed by atoms with Gasteiger partial charge in [-0.3, -0.25) is 4.79 Å². The Labute approximate surface area is 150 Å². The van der Waals surface area contributed by atoms with Gasteiger partial charge in [0.15, 0.2) is 22.3 Å². The second kappa shape index (κ2) is 6.30. The molecule has 3 aromatic rings. The third kappa shape index (κ3) is 3.34. The number of ketones is 1. The molecule has 4 nitrogen and oxygen atoms in total. The summed E-state index contributed by atoms with van der Waals surface area (Å²) < 4.78 is 40.8.